The van der Waals surface area contributed by atoms with E-state index in [4.69, 9.17) is 4.74 Å². The van der Waals surface area contributed by atoms with E-state index < -0.39 is 6.10 Å². The number of halogens is 1. The van der Waals surface area contributed by atoms with Crippen LogP contribution in [0.1, 0.15) is 31.9 Å². The Balaban J connectivity index is 2.23. The second-order valence-corrected chi connectivity index (χ2v) is 5.31. The maximum Gasteiger partial charge on any atom is 0.165 e. The fraction of sp³-hybridized carbons (Fsp3) is 0.357. The summed E-state index contributed by atoms with van der Waals surface area (Å²) in [7, 11) is 0. The first-order valence-corrected chi connectivity index (χ1v) is 7.07. The van der Waals surface area contributed by atoms with Gasteiger partial charge in [-0.25, -0.2) is 0 Å². The summed E-state index contributed by atoms with van der Waals surface area (Å²) in [5.41, 5.74) is 0.756. The Bertz CT molecular complexity index is 552. The van der Waals surface area contributed by atoms with Crippen LogP contribution in [0.25, 0.3) is 0 Å². The molecule has 102 valence electrons. The highest BCUT2D eigenvalue weighted by molar-refractivity contribution is 9.10. The van der Waals surface area contributed by atoms with Crippen LogP contribution < -0.4 is 4.74 Å². The Morgan fingerprint density at radius 1 is 1.47 bits per heavy atom. The van der Waals surface area contributed by atoms with Gasteiger partial charge in [-0.15, -0.1) is 0 Å². The van der Waals surface area contributed by atoms with Crippen LogP contribution in [0.2, 0.25) is 0 Å². The lowest BCUT2D eigenvalue weighted by Crippen LogP contribution is -1.96. The highest BCUT2D eigenvalue weighted by Crippen LogP contribution is 2.32. The number of ether oxygens (including phenoxy) is 1. The van der Waals surface area contributed by atoms with Gasteiger partial charge >= 0.3 is 0 Å². The van der Waals surface area contributed by atoms with E-state index in [1.807, 2.05) is 29.1 Å². The molecule has 1 heterocycles. The van der Waals surface area contributed by atoms with Crippen LogP contribution in [0.3, 0.4) is 0 Å². The van der Waals surface area contributed by atoms with Gasteiger partial charge in [0, 0.05) is 16.6 Å². The first-order chi connectivity index (χ1) is 9.10. The Morgan fingerprint density at radius 2 is 2.26 bits per heavy atom. The molecule has 5 heteroatoms. The van der Waals surface area contributed by atoms with Crippen LogP contribution in [-0.4, -0.2) is 14.9 Å². The minimum atomic E-state index is -0.575. The van der Waals surface area contributed by atoms with Crippen molar-refractivity contribution in [2.45, 2.75) is 32.9 Å². The van der Waals surface area contributed by atoms with Gasteiger partial charge in [-0.1, -0.05) is 28.9 Å². The highest BCUT2D eigenvalue weighted by atomic mass is 79.9. The Labute approximate surface area is 121 Å². The summed E-state index contributed by atoms with van der Waals surface area (Å²) in [6.07, 6.45) is 3.99. The molecule has 1 N–H and O–H groups in total. The molecule has 0 radical (unpaired) electrons. The monoisotopic (exact) mass is 324 g/mol. The Hall–Kier alpha value is -1.33. The smallest absolute Gasteiger partial charge is 0.165 e. The molecule has 1 aromatic carbocycles. The van der Waals surface area contributed by atoms with E-state index >= 15 is 0 Å². The maximum absolute atomic E-state index is 9.75. The molecule has 0 aliphatic carbocycles. The zero-order valence-electron chi connectivity index (χ0n) is 11.0. The molecule has 2 rings (SSSR count). The minimum Gasteiger partial charge on any atom is -0.454 e. The fourth-order valence-corrected chi connectivity index (χ4v) is 2.16. The van der Waals surface area contributed by atoms with Crippen molar-refractivity contribution in [2.75, 3.05) is 0 Å². The van der Waals surface area contributed by atoms with Crippen molar-refractivity contribution in [3.63, 3.8) is 0 Å². The molecule has 0 aliphatic heterocycles. The van der Waals surface area contributed by atoms with E-state index in [0.717, 1.165) is 23.0 Å². The molecule has 1 atom stereocenters. The molecule has 0 amide bonds. The predicted octanol–water partition coefficient (Wildman–Crippen LogP) is 3.90. The van der Waals surface area contributed by atoms with Crippen molar-refractivity contribution in [2.24, 2.45) is 0 Å². The lowest BCUT2D eigenvalue weighted by molar-refractivity contribution is 0.195. The van der Waals surface area contributed by atoms with Crippen LogP contribution in [-0.2, 0) is 6.54 Å². The number of aliphatic hydroxyl groups excluding tert-OH is 1. The molecular weight excluding hydrogens is 308 g/mol. The third kappa shape index (κ3) is 3.58. The summed E-state index contributed by atoms with van der Waals surface area (Å²) in [5, 5.41) is 14.0. The molecule has 1 aromatic heterocycles. The third-order valence-corrected chi connectivity index (χ3v) is 3.21. The lowest BCUT2D eigenvalue weighted by atomic mass is 10.1. The van der Waals surface area contributed by atoms with Crippen LogP contribution in [0.5, 0.6) is 11.5 Å². The predicted molar refractivity (Wildman–Crippen MR) is 77.4 cm³/mol. The van der Waals surface area contributed by atoms with E-state index in [-0.39, 0.29) is 0 Å². The topological polar surface area (TPSA) is 47.3 Å². The molecule has 1 unspecified atom stereocenters. The molecule has 4 nitrogen and oxygen atoms in total. The largest absolute Gasteiger partial charge is 0.454 e. The van der Waals surface area contributed by atoms with Gasteiger partial charge in [-0.3, -0.25) is 4.68 Å². The second kappa shape index (κ2) is 6.21. The van der Waals surface area contributed by atoms with Gasteiger partial charge in [0.05, 0.1) is 18.5 Å². The molecule has 2 aromatic rings. The molecule has 0 aliphatic rings. The number of benzene rings is 1. The summed E-state index contributed by atoms with van der Waals surface area (Å²) in [6, 6.07) is 5.58. The lowest BCUT2D eigenvalue weighted by Gasteiger charge is -2.12. The maximum atomic E-state index is 9.75. The number of aryl methyl sites for hydroxylation is 1. The molecule has 0 fully saturated rings. The number of rotatable bonds is 5. The van der Waals surface area contributed by atoms with Crippen LogP contribution in [0.4, 0.5) is 0 Å². The van der Waals surface area contributed by atoms with Crippen molar-refractivity contribution in [3.05, 3.63) is 40.6 Å². The van der Waals surface area contributed by atoms with E-state index in [2.05, 4.69) is 28.0 Å². The number of hydrogen-bond acceptors (Lipinski definition) is 3. The van der Waals surface area contributed by atoms with Gasteiger partial charge in [0.15, 0.2) is 5.75 Å². The Morgan fingerprint density at radius 3 is 2.95 bits per heavy atom. The van der Waals surface area contributed by atoms with Crippen molar-refractivity contribution in [1.82, 2.24) is 9.78 Å². The van der Waals surface area contributed by atoms with Crippen molar-refractivity contribution in [1.29, 1.82) is 0 Å². The number of nitrogens with zero attached hydrogens (tertiary/aromatic N) is 2. The summed E-state index contributed by atoms with van der Waals surface area (Å²) in [4.78, 5) is 0. The average molecular weight is 325 g/mol. The SMILES string of the molecule is CCCn1cc(Oc2cc(Br)ccc2C(C)O)cn1. The fourth-order valence-electron chi connectivity index (χ4n) is 1.82. The van der Waals surface area contributed by atoms with Gasteiger partial charge < -0.3 is 9.84 Å². The normalized spacial score (nSPS) is 12.4. The van der Waals surface area contributed by atoms with Gasteiger partial charge in [0.2, 0.25) is 0 Å². The molecule has 0 saturated carbocycles. The van der Waals surface area contributed by atoms with Gasteiger partial charge in [0.1, 0.15) is 5.75 Å². The first-order valence-electron chi connectivity index (χ1n) is 6.28. The molecule has 19 heavy (non-hydrogen) atoms. The number of aromatic nitrogens is 2. The minimum absolute atomic E-state index is 0.575. The van der Waals surface area contributed by atoms with Crippen LogP contribution >= 0.6 is 15.9 Å². The molecular formula is C14H17BrN2O2. The van der Waals surface area contributed by atoms with Gasteiger partial charge in [0.25, 0.3) is 0 Å². The quantitative estimate of drug-likeness (QED) is 0.907. The summed E-state index contributed by atoms with van der Waals surface area (Å²) >= 11 is 3.41. The Kier molecular flexibility index (Phi) is 4.61. The summed E-state index contributed by atoms with van der Waals surface area (Å²) in [5.74, 6) is 1.31. The van der Waals surface area contributed by atoms with E-state index in [0.29, 0.717) is 11.5 Å². The molecule has 0 spiro atoms. The van der Waals surface area contributed by atoms with Crippen molar-refractivity contribution in [3.8, 4) is 11.5 Å². The number of aliphatic hydroxyl groups is 1. The van der Waals surface area contributed by atoms with Crippen LogP contribution in [0, 0.1) is 0 Å². The zero-order valence-corrected chi connectivity index (χ0v) is 12.6. The molecule has 0 bridgehead atoms. The van der Waals surface area contributed by atoms with E-state index in [9.17, 15) is 5.11 Å². The second-order valence-electron chi connectivity index (χ2n) is 4.40. The first kappa shape index (κ1) is 14.1. The standard InChI is InChI=1S/C14H17BrN2O2/c1-3-6-17-9-12(8-16-17)19-14-7-11(15)4-5-13(14)10(2)18/h4-5,7-10,18H,3,6H2,1-2H3. The van der Waals surface area contributed by atoms with Crippen LogP contribution in [0.15, 0.2) is 35.1 Å². The van der Waals surface area contributed by atoms with Crippen molar-refractivity contribution >= 4 is 15.9 Å². The highest BCUT2D eigenvalue weighted by Gasteiger charge is 2.11. The zero-order chi connectivity index (χ0) is 13.8. The van der Waals surface area contributed by atoms with Gasteiger partial charge in [-0.05, 0) is 25.5 Å². The third-order valence-electron chi connectivity index (χ3n) is 2.72. The summed E-state index contributed by atoms with van der Waals surface area (Å²) in [6.45, 7) is 4.68. The average Bonchev–Trinajstić information content (AvgIpc) is 2.77. The van der Waals surface area contributed by atoms with E-state index in [1.54, 1.807) is 13.1 Å². The molecule has 0 saturated heterocycles. The van der Waals surface area contributed by atoms with Gasteiger partial charge in [-0.2, -0.15) is 5.10 Å². The van der Waals surface area contributed by atoms with Crippen molar-refractivity contribution < 1.29 is 9.84 Å². The van der Waals surface area contributed by atoms with E-state index in [1.165, 1.54) is 0 Å². The summed E-state index contributed by atoms with van der Waals surface area (Å²) < 4.78 is 8.56. The number of hydrogen-bond donors (Lipinski definition) is 1.